The van der Waals surface area contributed by atoms with Gasteiger partial charge in [-0.3, -0.25) is 0 Å². The van der Waals surface area contributed by atoms with Crippen molar-refractivity contribution in [2.45, 2.75) is 33.1 Å². The molecule has 1 saturated heterocycles. The summed E-state index contributed by atoms with van der Waals surface area (Å²) < 4.78 is 25.8. The minimum absolute atomic E-state index is 0.305. The van der Waals surface area contributed by atoms with Crippen LogP contribution in [0.1, 0.15) is 33.1 Å². The molecule has 0 radical (unpaired) electrons. The summed E-state index contributed by atoms with van der Waals surface area (Å²) in [6.07, 6.45) is 2.90. The van der Waals surface area contributed by atoms with Crippen LogP contribution in [0, 0.1) is 11.8 Å². The summed E-state index contributed by atoms with van der Waals surface area (Å²) in [5.74, 6) is 1.24. The molecule has 1 heterocycles. The van der Waals surface area contributed by atoms with Crippen molar-refractivity contribution in [3.8, 4) is 0 Å². The van der Waals surface area contributed by atoms with Crippen LogP contribution in [-0.4, -0.2) is 36.9 Å². The fourth-order valence-corrected chi connectivity index (χ4v) is 4.32. The van der Waals surface area contributed by atoms with E-state index in [0.29, 0.717) is 30.7 Å². The molecular weight excluding hydrogens is 290 g/mol. The number of piperidine rings is 1. The maximum Gasteiger partial charge on any atom is 0.214 e. The lowest BCUT2D eigenvalue weighted by molar-refractivity contribution is 0.285. The fraction of sp³-hybridized carbons (Fsp3) is 1.00. The third-order valence-electron chi connectivity index (χ3n) is 3.05. The van der Waals surface area contributed by atoms with Crippen LogP contribution in [0.15, 0.2) is 0 Å². The van der Waals surface area contributed by atoms with Gasteiger partial charge >= 0.3 is 0 Å². The first-order valence-corrected chi connectivity index (χ1v) is 8.72. The monoisotopic (exact) mass is 311 g/mol. The molecule has 0 saturated carbocycles. The molecule has 3 nitrogen and oxygen atoms in total. The zero-order chi connectivity index (χ0) is 12.2. The molecule has 5 heteroatoms. The Kier molecular flexibility index (Phi) is 5.74. The van der Waals surface area contributed by atoms with Crippen molar-refractivity contribution in [1.82, 2.24) is 4.31 Å². The molecule has 1 aliphatic rings. The van der Waals surface area contributed by atoms with Crippen molar-refractivity contribution < 1.29 is 8.42 Å². The van der Waals surface area contributed by atoms with Gasteiger partial charge in [-0.15, -0.1) is 0 Å². The van der Waals surface area contributed by atoms with E-state index in [9.17, 15) is 8.42 Å². The first-order valence-electron chi connectivity index (χ1n) is 5.99. The third kappa shape index (κ3) is 4.34. The summed E-state index contributed by atoms with van der Waals surface area (Å²) in [6, 6.07) is 0. The highest BCUT2D eigenvalue weighted by molar-refractivity contribution is 9.09. The quantitative estimate of drug-likeness (QED) is 0.731. The molecule has 0 aliphatic carbocycles. The Balaban J connectivity index is 2.54. The molecule has 0 N–H and O–H groups in total. The number of alkyl halides is 1. The molecular formula is C11H22BrNO2S. The van der Waals surface area contributed by atoms with Crippen LogP contribution in [-0.2, 0) is 10.0 Å². The van der Waals surface area contributed by atoms with Gasteiger partial charge in [-0.1, -0.05) is 29.8 Å². The number of rotatable bonds is 5. The zero-order valence-electron chi connectivity index (χ0n) is 10.2. The van der Waals surface area contributed by atoms with Gasteiger partial charge < -0.3 is 0 Å². The van der Waals surface area contributed by atoms with E-state index in [1.54, 1.807) is 4.31 Å². The van der Waals surface area contributed by atoms with Gasteiger partial charge in [0.25, 0.3) is 0 Å². The van der Waals surface area contributed by atoms with E-state index in [-0.39, 0.29) is 0 Å². The van der Waals surface area contributed by atoms with E-state index in [0.717, 1.165) is 24.6 Å². The summed E-state index contributed by atoms with van der Waals surface area (Å²) in [4.78, 5) is 0. The van der Waals surface area contributed by atoms with Gasteiger partial charge in [-0.05, 0) is 31.1 Å². The molecule has 0 aromatic rings. The SMILES string of the molecule is CC(C)CCS(=O)(=O)N1CCCC(CBr)C1. The molecule has 0 aromatic heterocycles. The number of hydrogen-bond donors (Lipinski definition) is 0. The summed E-state index contributed by atoms with van der Waals surface area (Å²) in [7, 11) is -3.01. The largest absolute Gasteiger partial charge is 0.214 e. The van der Waals surface area contributed by atoms with Crippen LogP contribution in [0.4, 0.5) is 0 Å². The Morgan fingerprint density at radius 2 is 2.12 bits per heavy atom. The minimum Gasteiger partial charge on any atom is -0.212 e. The molecule has 1 rings (SSSR count). The van der Waals surface area contributed by atoms with E-state index in [4.69, 9.17) is 0 Å². The smallest absolute Gasteiger partial charge is 0.212 e. The molecule has 1 aliphatic heterocycles. The van der Waals surface area contributed by atoms with Crippen molar-refractivity contribution in [2.24, 2.45) is 11.8 Å². The van der Waals surface area contributed by atoms with Crippen LogP contribution in [0.5, 0.6) is 0 Å². The normalized spacial score (nSPS) is 23.9. The summed E-state index contributed by atoms with van der Waals surface area (Å²) in [6.45, 7) is 5.54. The number of nitrogens with zero attached hydrogens (tertiary/aromatic N) is 1. The van der Waals surface area contributed by atoms with Crippen molar-refractivity contribution in [3.05, 3.63) is 0 Å². The van der Waals surface area contributed by atoms with E-state index in [1.807, 2.05) is 0 Å². The van der Waals surface area contributed by atoms with Crippen molar-refractivity contribution in [1.29, 1.82) is 0 Å². The zero-order valence-corrected chi connectivity index (χ0v) is 12.6. The molecule has 0 bridgehead atoms. The molecule has 1 fully saturated rings. The topological polar surface area (TPSA) is 37.4 Å². The van der Waals surface area contributed by atoms with Crippen molar-refractivity contribution >= 4 is 26.0 Å². The van der Waals surface area contributed by atoms with E-state index >= 15 is 0 Å². The Hall–Kier alpha value is 0.390. The first kappa shape index (κ1) is 14.5. The Morgan fingerprint density at radius 3 is 2.69 bits per heavy atom. The highest BCUT2D eigenvalue weighted by atomic mass is 79.9. The van der Waals surface area contributed by atoms with Gasteiger partial charge in [0.2, 0.25) is 10.0 Å². The lowest BCUT2D eigenvalue weighted by Gasteiger charge is -2.31. The predicted molar refractivity (Wildman–Crippen MR) is 71.3 cm³/mol. The second kappa shape index (κ2) is 6.36. The van der Waals surface area contributed by atoms with E-state index in [2.05, 4.69) is 29.8 Å². The number of halogens is 1. The van der Waals surface area contributed by atoms with Crippen LogP contribution >= 0.6 is 15.9 Å². The second-order valence-corrected chi connectivity index (χ2v) is 7.76. The van der Waals surface area contributed by atoms with Gasteiger partial charge in [0.1, 0.15) is 0 Å². The third-order valence-corrected chi connectivity index (χ3v) is 5.83. The summed E-state index contributed by atoms with van der Waals surface area (Å²) >= 11 is 3.45. The van der Waals surface area contributed by atoms with Gasteiger partial charge in [0.05, 0.1) is 5.75 Å². The molecule has 16 heavy (non-hydrogen) atoms. The van der Waals surface area contributed by atoms with Crippen molar-refractivity contribution in [2.75, 3.05) is 24.2 Å². The predicted octanol–water partition coefficient (Wildman–Crippen LogP) is 2.47. The van der Waals surface area contributed by atoms with Crippen LogP contribution in [0.25, 0.3) is 0 Å². The number of sulfonamides is 1. The average molecular weight is 312 g/mol. The summed E-state index contributed by atoms with van der Waals surface area (Å²) in [5.41, 5.74) is 0. The highest BCUT2D eigenvalue weighted by Crippen LogP contribution is 2.21. The van der Waals surface area contributed by atoms with Crippen LogP contribution in [0.2, 0.25) is 0 Å². The van der Waals surface area contributed by atoms with Gasteiger partial charge in [-0.25, -0.2) is 12.7 Å². The Bertz CT molecular complexity index is 303. The second-order valence-electron chi connectivity index (χ2n) is 5.02. The van der Waals surface area contributed by atoms with Crippen LogP contribution in [0.3, 0.4) is 0 Å². The molecule has 0 aromatic carbocycles. The van der Waals surface area contributed by atoms with Crippen LogP contribution < -0.4 is 0 Å². The Labute approximate surface area is 108 Å². The lowest BCUT2D eigenvalue weighted by atomic mass is 10.0. The minimum atomic E-state index is -3.01. The Morgan fingerprint density at radius 1 is 1.44 bits per heavy atom. The maximum atomic E-state index is 12.1. The maximum absolute atomic E-state index is 12.1. The van der Waals surface area contributed by atoms with Crippen molar-refractivity contribution in [3.63, 3.8) is 0 Å². The summed E-state index contributed by atoms with van der Waals surface area (Å²) in [5, 5.41) is 0.906. The van der Waals surface area contributed by atoms with E-state index in [1.165, 1.54) is 0 Å². The first-order chi connectivity index (χ1) is 7.45. The molecule has 1 atom stereocenters. The molecule has 96 valence electrons. The van der Waals surface area contributed by atoms with E-state index < -0.39 is 10.0 Å². The molecule has 0 spiro atoms. The highest BCUT2D eigenvalue weighted by Gasteiger charge is 2.28. The standard InChI is InChI=1S/C11H22BrNO2S/c1-10(2)5-7-16(14,15)13-6-3-4-11(8-12)9-13/h10-11H,3-9H2,1-2H3. The fourth-order valence-electron chi connectivity index (χ4n) is 1.92. The van der Waals surface area contributed by atoms with Gasteiger partial charge in [0, 0.05) is 18.4 Å². The van der Waals surface area contributed by atoms with Gasteiger partial charge in [-0.2, -0.15) is 0 Å². The lowest BCUT2D eigenvalue weighted by Crippen LogP contribution is -2.41. The van der Waals surface area contributed by atoms with Gasteiger partial charge in [0.15, 0.2) is 0 Å². The molecule has 0 amide bonds. The average Bonchev–Trinajstić information content (AvgIpc) is 2.27. The molecule has 1 unspecified atom stereocenters. The number of hydrogen-bond acceptors (Lipinski definition) is 2.